The Morgan fingerprint density at radius 1 is 1.45 bits per heavy atom. The van der Waals surface area contributed by atoms with Crippen LogP contribution >= 0.6 is 11.8 Å². The summed E-state index contributed by atoms with van der Waals surface area (Å²) in [4.78, 5) is 13.8. The number of hydrogen-bond acceptors (Lipinski definition) is 5. The highest BCUT2D eigenvalue weighted by molar-refractivity contribution is 7.98. The first kappa shape index (κ1) is 17.7. The molecule has 6 nitrogen and oxygen atoms in total. The van der Waals surface area contributed by atoms with Gasteiger partial charge in [-0.2, -0.15) is 11.8 Å². The fourth-order valence-electron chi connectivity index (χ4n) is 2.03. The molecule has 1 fully saturated rings. The van der Waals surface area contributed by atoms with E-state index in [0.717, 1.165) is 0 Å². The molecule has 118 valence electrons. The van der Waals surface area contributed by atoms with Crippen LogP contribution in [0, 0.1) is 0 Å². The van der Waals surface area contributed by atoms with E-state index >= 15 is 0 Å². The van der Waals surface area contributed by atoms with E-state index < -0.39 is 21.7 Å². The number of rotatable bonds is 8. The number of nitrogens with zero attached hydrogens (tertiary/aromatic N) is 1. The van der Waals surface area contributed by atoms with Crippen molar-refractivity contribution in [1.82, 2.24) is 9.62 Å². The molecule has 0 saturated carbocycles. The lowest BCUT2D eigenvalue weighted by Gasteiger charge is -2.47. The van der Waals surface area contributed by atoms with E-state index in [1.807, 2.05) is 13.2 Å². The zero-order valence-corrected chi connectivity index (χ0v) is 13.9. The zero-order valence-electron chi connectivity index (χ0n) is 12.3. The molecule has 0 aromatic heterocycles. The van der Waals surface area contributed by atoms with Gasteiger partial charge in [-0.15, -0.1) is 0 Å². The number of sulfonamides is 1. The lowest BCUT2D eigenvalue weighted by atomic mass is 9.90. The molecule has 1 unspecified atom stereocenters. The predicted octanol–water partition coefficient (Wildman–Crippen LogP) is 0.0307. The smallest absolute Gasteiger partial charge is 0.240 e. The molecule has 0 radical (unpaired) electrons. The van der Waals surface area contributed by atoms with Crippen LogP contribution in [-0.4, -0.2) is 66.8 Å². The normalized spacial score (nSPS) is 19.5. The minimum Gasteiger partial charge on any atom is -0.386 e. The average molecular weight is 324 g/mol. The van der Waals surface area contributed by atoms with Crippen molar-refractivity contribution in [2.24, 2.45) is 0 Å². The summed E-state index contributed by atoms with van der Waals surface area (Å²) < 4.78 is 25.8. The minimum atomic E-state index is -3.42. The maximum Gasteiger partial charge on any atom is 0.240 e. The van der Waals surface area contributed by atoms with E-state index in [1.54, 1.807) is 11.8 Å². The van der Waals surface area contributed by atoms with Crippen LogP contribution in [0.15, 0.2) is 0 Å². The second kappa shape index (κ2) is 7.11. The van der Waals surface area contributed by atoms with Crippen LogP contribution in [0.25, 0.3) is 0 Å². The van der Waals surface area contributed by atoms with Crippen LogP contribution in [0.4, 0.5) is 0 Å². The van der Waals surface area contributed by atoms with Gasteiger partial charge in [0.25, 0.3) is 0 Å². The molecule has 0 bridgehead atoms. The molecule has 0 spiro atoms. The number of β-amino-alcohol motifs (C(OH)–C–C–N with tert-alkyl or cyclic N) is 1. The van der Waals surface area contributed by atoms with Crippen molar-refractivity contribution in [3.05, 3.63) is 0 Å². The Bertz CT molecular complexity index is 433. The van der Waals surface area contributed by atoms with E-state index in [9.17, 15) is 18.3 Å². The average Bonchev–Trinajstić information content (AvgIpc) is 2.39. The summed E-state index contributed by atoms with van der Waals surface area (Å²) in [5, 5.41) is 9.94. The molecule has 1 atom stereocenters. The van der Waals surface area contributed by atoms with Gasteiger partial charge in [-0.25, -0.2) is 13.1 Å². The third kappa shape index (κ3) is 4.61. The first-order chi connectivity index (χ1) is 9.27. The van der Waals surface area contributed by atoms with Crippen molar-refractivity contribution < 1.29 is 18.3 Å². The van der Waals surface area contributed by atoms with Crippen molar-refractivity contribution in [2.75, 3.05) is 30.9 Å². The molecule has 0 aromatic rings. The predicted molar refractivity (Wildman–Crippen MR) is 81.2 cm³/mol. The van der Waals surface area contributed by atoms with E-state index in [4.69, 9.17) is 0 Å². The van der Waals surface area contributed by atoms with Gasteiger partial charge in [-0.3, -0.25) is 4.79 Å². The van der Waals surface area contributed by atoms with Gasteiger partial charge in [-0.1, -0.05) is 6.92 Å². The van der Waals surface area contributed by atoms with Crippen molar-refractivity contribution in [2.45, 2.75) is 38.3 Å². The Kier molecular flexibility index (Phi) is 6.30. The second-order valence-corrected chi connectivity index (χ2v) is 8.16. The summed E-state index contributed by atoms with van der Waals surface area (Å²) >= 11 is 1.57. The van der Waals surface area contributed by atoms with Crippen LogP contribution in [-0.2, 0) is 14.8 Å². The van der Waals surface area contributed by atoms with Gasteiger partial charge in [0, 0.05) is 0 Å². The molecule has 1 heterocycles. The Morgan fingerprint density at radius 3 is 2.50 bits per heavy atom. The molecule has 2 N–H and O–H groups in total. The molecular weight excluding hydrogens is 300 g/mol. The van der Waals surface area contributed by atoms with Crippen LogP contribution in [0.2, 0.25) is 0 Å². The molecule has 0 aromatic carbocycles. The fourth-order valence-corrected chi connectivity index (χ4v) is 3.32. The quantitative estimate of drug-likeness (QED) is 0.658. The van der Waals surface area contributed by atoms with E-state index in [2.05, 4.69) is 4.72 Å². The third-order valence-corrected chi connectivity index (χ3v) is 5.60. The first-order valence-corrected chi connectivity index (χ1v) is 9.81. The number of thioether (sulfide) groups is 1. The topological polar surface area (TPSA) is 86.7 Å². The molecule has 0 aliphatic carbocycles. The van der Waals surface area contributed by atoms with Crippen LogP contribution in [0.5, 0.6) is 0 Å². The molecule has 1 aliphatic rings. The Balaban J connectivity index is 2.66. The lowest BCUT2D eigenvalue weighted by molar-refractivity contribution is -0.157. The van der Waals surface area contributed by atoms with Crippen LogP contribution < -0.4 is 4.72 Å². The number of amides is 1. The van der Waals surface area contributed by atoms with Gasteiger partial charge in [0.1, 0.15) is 6.04 Å². The maximum atomic E-state index is 12.3. The van der Waals surface area contributed by atoms with E-state index in [0.29, 0.717) is 18.6 Å². The molecule has 1 rings (SSSR count). The van der Waals surface area contributed by atoms with Crippen molar-refractivity contribution in [3.63, 3.8) is 0 Å². The number of likely N-dealkylation sites (tertiary alicyclic amines) is 1. The summed E-state index contributed by atoms with van der Waals surface area (Å²) in [7, 11) is -3.42. The zero-order chi connectivity index (χ0) is 15.4. The number of aliphatic hydroxyl groups is 1. The Morgan fingerprint density at radius 2 is 2.05 bits per heavy atom. The van der Waals surface area contributed by atoms with Crippen molar-refractivity contribution >= 4 is 27.7 Å². The van der Waals surface area contributed by atoms with Crippen LogP contribution in [0.3, 0.4) is 0 Å². The van der Waals surface area contributed by atoms with Crippen molar-refractivity contribution in [3.8, 4) is 0 Å². The van der Waals surface area contributed by atoms with E-state index in [1.165, 1.54) is 11.8 Å². The van der Waals surface area contributed by atoms with Gasteiger partial charge >= 0.3 is 0 Å². The summed E-state index contributed by atoms with van der Waals surface area (Å²) in [6.07, 6.45) is 2.96. The van der Waals surface area contributed by atoms with Gasteiger partial charge in [-0.05, 0) is 31.8 Å². The van der Waals surface area contributed by atoms with Crippen molar-refractivity contribution in [1.29, 1.82) is 0 Å². The highest BCUT2D eigenvalue weighted by Gasteiger charge is 2.44. The van der Waals surface area contributed by atoms with Gasteiger partial charge < -0.3 is 10.0 Å². The van der Waals surface area contributed by atoms with E-state index in [-0.39, 0.29) is 24.7 Å². The first-order valence-electron chi connectivity index (χ1n) is 6.77. The molecule has 20 heavy (non-hydrogen) atoms. The summed E-state index contributed by atoms with van der Waals surface area (Å²) in [6.45, 7) is 3.97. The molecule has 1 amide bonds. The Labute approximate surface area is 125 Å². The lowest BCUT2D eigenvalue weighted by Crippen LogP contribution is -2.66. The monoisotopic (exact) mass is 324 g/mol. The second-order valence-electron chi connectivity index (χ2n) is 5.13. The summed E-state index contributed by atoms with van der Waals surface area (Å²) in [5.74, 6) is 0.415. The van der Waals surface area contributed by atoms with Gasteiger partial charge in [0.2, 0.25) is 15.9 Å². The molecular formula is C12H24N2O4S2. The fraction of sp³-hybridized carbons (Fsp3) is 0.917. The number of carbonyl (C=O) groups excluding carboxylic acids is 1. The third-order valence-electron chi connectivity index (χ3n) is 3.55. The SMILES string of the molecule is CCC1(O)CN(C(=O)C(CCSC)NS(=O)(=O)CC)C1. The van der Waals surface area contributed by atoms with Gasteiger partial charge in [0.15, 0.2) is 0 Å². The molecule has 1 saturated heterocycles. The van der Waals surface area contributed by atoms with Gasteiger partial charge in [0.05, 0.1) is 24.4 Å². The summed E-state index contributed by atoms with van der Waals surface area (Å²) in [6, 6.07) is -0.728. The standard InChI is InChI=1S/C12H24N2O4S2/c1-4-12(16)8-14(9-12)11(15)10(6-7-19-3)13-20(17,18)5-2/h10,13,16H,4-9H2,1-3H3. The van der Waals surface area contributed by atoms with Crippen LogP contribution in [0.1, 0.15) is 26.7 Å². The number of nitrogens with one attached hydrogen (secondary N) is 1. The molecule has 1 aliphatic heterocycles. The highest BCUT2D eigenvalue weighted by atomic mass is 32.2. The number of carbonyl (C=O) groups is 1. The minimum absolute atomic E-state index is 0.0467. The molecule has 8 heteroatoms. The number of hydrogen-bond donors (Lipinski definition) is 2. The maximum absolute atomic E-state index is 12.3. The summed E-state index contributed by atoms with van der Waals surface area (Å²) in [5.41, 5.74) is -0.802. The highest BCUT2D eigenvalue weighted by Crippen LogP contribution is 2.25. The Hall–Kier alpha value is -0.310. The largest absolute Gasteiger partial charge is 0.386 e.